The van der Waals surface area contributed by atoms with Gasteiger partial charge in [-0.1, -0.05) is 139 Å². The van der Waals surface area contributed by atoms with Crippen molar-refractivity contribution in [1.82, 2.24) is 25.8 Å². The molecule has 0 radical (unpaired) electrons. The van der Waals surface area contributed by atoms with E-state index in [4.69, 9.17) is 93.5 Å². The summed E-state index contributed by atoms with van der Waals surface area (Å²) in [6.45, 7) is 56.0. The smallest absolute Gasteiger partial charge is 0.467 e. The zero-order valence-corrected chi connectivity index (χ0v) is 96.1. The highest BCUT2D eigenvalue weighted by atomic mass is 32.2. The van der Waals surface area contributed by atoms with Crippen molar-refractivity contribution in [2.24, 2.45) is 0 Å². The minimum Gasteiger partial charge on any atom is -0.467 e. The summed E-state index contributed by atoms with van der Waals surface area (Å²) in [5, 5.41) is 9.61. The molecular weight excluding hydrogens is 1950 g/mol. The first kappa shape index (κ1) is 134. The maximum Gasteiger partial charge on any atom is 0.523 e. The molecule has 141 heavy (non-hydrogen) atoms. The molecule has 4 aromatic rings. The van der Waals surface area contributed by atoms with Gasteiger partial charge in [0.05, 0.1) is 99.7 Å². The highest BCUT2D eigenvalue weighted by Crippen LogP contribution is 2.58. The Morgan fingerprint density at radius 1 is 0.404 bits per heavy atom. The van der Waals surface area contributed by atoms with Crippen LogP contribution in [-0.4, -0.2) is 258 Å². The summed E-state index contributed by atoms with van der Waals surface area (Å²) in [5.74, 6) is 2.82. The molecule has 0 bridgehead atoms. The van der Waals surface area contributed by atoms with Crippen LogP contribution in [0.1, 0.15) is 212 Å². The molecule has 2 amide bonds. The van der Waals surface area contributed by atoms with Crippen molar-refractivity contribution >= 4 is 61.2 Å². The van der Waals surface area contributed by atoms with Gasteiger partial charge in [0.15, 0.2) is 33.5 Å². The summed E-state index contributed by atoms with van der Waals surface area (Å²) in [6, 6.07) is 33.2. The maximum atomic E-state index is 15.5. The number of unbranched alkanes of at least 4 members (excludes halogenated alkanes) is 2. The molecule has 42 heteroatoms. The Kier molecular flexibility index (Phi) is 64.2. The summed E-state index contributed by atoms with van der Waals surface area (Å²) in [4.78, 5) is 29.0. The second-order valence-electron chi connectivity index (χ2n) is 41.7. The van der Waals surface area contributed by atoms with Crippen LogP contribution in [0.5, 0.6) is 23.0 Å². The standard InChI is InChI=1S/C52H95N3O14P2Si.C35H58N2O8Si.C10H20F3O6PS.C2H6/c1-49(2,3)66-70(57,67-50(4,5)6)39-54(36-43-24-18-20-27-46(43)64-41-61-32-30-59-13)38-45(26-22-23-29-53-48(56)63-34-35-72(15,16)17)55(40-71(58,68-51(7,8)9)69-52(10,11)12)37-44-25-19-21-28-47(44)65-42-62-33-31-60-14;1-39-21-23-41-28-44-33-18-8-6-13-30(33)15-12-17-32(16-10-11-20-36-35(38)43-25-26-46(3,4)5)37-27-31-14-7-9-19-34(31)45-29-42-24-22-40-2;1-8(2,3)18-20(14,19-9(4,5)6)7-17-21(15,16)10(11,12)13;1-2/h18-21,24-25,27-28,45H,22-23,26,29-42H2,1-17H3,(H,53,56);6-9,13-14,18-19,32,37H,10-12,15-17,20-29H2,1-5H3,(H,36,38);7H2,1-6H3;1-2H3/t45-;32-;;/m00../s1. The molecule has 33 nitrogen and oxygen atoms in total. The van der Waals surface area contributed by atoms with Crippen LogP contribution in [0.25, 0.3) is 0 Å². The van der Waals surface area contributed by atoms with Crippen molar-refractivity contribution in [2.45, 2.75) is 318 Å². The van der Waals surface area contributed by atoms with Crippen molar-refractivity contribution < 1.29 is 143 Å². The van der Waals surface area contributed by atoms with Crippen molar-refractivity contribution in [2.75, 3.05) is 160 Å². The molecule has 0 saturated heterocycles. The van der Waals surface area contributed by atoms with Crippen LogP contribution in [0.15, 0.2) is 97.1 Å². The number of carbonyl (C=O) groups is 2. The Labute approximate surface area is 845 Å². The van der Waals surface area contributed by atoms with Gasteiger partial charge >= 0.3 is 50.6 Å². The van der Waals surface area contributed by atoms with E-state index in [1.54, 1.807) is 28.4 Å². The lowest BCUT2D eigenvalue weighted by Crippen LogP contribution is -2.45. The van der Waals surface area contributed by atoms with Crippen LogP contribution in [0.2, 0.25) is 51.4 Å². The number of benzene rings is 4. The van der Waals surface area contributed by atoms with Gasteiger partial charge in [-0.2, -0.15) is 21.6 Å². The lowest BCUT2D eigenvalue weighted by molar-refractivity contribution is -0.0538. The number of hydrogen-bond acceptors (Lipinski definition) is 31. The molecule has 0 unspecified atom stereocenters. The van der Waals surface area contributed by atoms with Crippen LogP contribution in [0, 0.1) is 0 Å². The molecule has 0 spiro atoms. The van der Waals surface area contributed by atoms with E-state index in [1.165, 1.54) is 47.1 Å². The van der Waals surface area contributed by atoms with Gasteiger partial charge in [0.1, 0.15) is 35.6 Å². The number of nitrogens with zero attached hydrogens (tertiary/aromatic N) is 2. The van der Waals surface area contributed by atoms with Crippen molar-refractivity contribution in [3.8, 4) is 23.0 Å². The summed E-state index contributed by atoms with van der Waals surface area (Å²) < 4.78 is 219. The van der Waals surface area contributed by atoms with Crippen LogP contribution in [0.3, 0.4) is 0 Å². The molecule has 3 N–H and O–H groups in total. The van der Waals surface area contributed by atoms with E-state index in [1.807, 2.05) is 182 Å². The van der Waals surface area contributed by atoms with E-state index in [-0.39, 0.29) is 65.5 Å². The number of para-hydroxylation sites is 4. The predicted octanol–water partition coefficient (Wildman–Crippen LogP) is 23.2. The first-order valence-corrected chi connectivity index (χ1v) is 62.6. The van der Waals surface area contributed by atoms with Crippen LogP contribution >= 0.6 is 22.8 Å². The number of hydrogen-bond donors (Lipinski definition) is 3. The van der Waals surface area contributed by atoms with E-state index in [0.717, 1.165) is 78.8 Å². The number of ether oxygens (including phenoxy) is 14. The molecule has 0 saturated carbocycles. The minimum atomic E-state index is -5.87. The number of amides is 2. The summed E-state index contributed by atoms with van der Waals surface area (Å²) in [6.07, 6.45) is 5.18. The van der Waals surface area contributed by atoms with Crippen LogP contribution < -0.4 is 34.9 Å². The minimum absolute atomic E-state index is 0.00875. The fourth-order valence-corrected chi connectivity index (χ4v) is 22.5. The molecule has 4 aromatic carbocycles. The number of halogens is 3. The maximum absolute atomic E-state index is 15.5. The van der Waals surface area contributed by atoms with Gasteiger partial charge in [-0.05, 0) is 211 Å². The first-order valence-electron chi connectivity index (χ1n) is 48.6. The Morgan fingerprint density at radius 2 is 0.723 bits per heavy atom. The number of alkyl carbamates (subject to hydrolysis) is 2. The summed E-state index contributed by atoms with van der Waals surface area (Å²) >= 11 is 0. The van der Waals surface area contributed by atoms with E-state index >= 15 is 9.13 Å². The largest absolute Gasteiger partial charge is 0.523 e. The van der Waals surface area contributed by atoms with Crippen molar-refractivity contribution in [3.63, 3.8) is 0 Å². The molecule has 818 valence electrons. The Balaban J connectivity index is 0.00000122. The van der Waals surface area contributed by atoms with Gasteiger partial charge in [-0.3, -0.25) is 27.7 Å². The van der Waals surface area contributed by atoms with E-state index in [0.29, 0.717) is 123 Å². The zero-order chi connectivity index (χ0) is 107. The molecule has 2 atom stereocenters. The lowest BCUT2D eigenvalue weighted by Gasteiger charge is -2.41. The highest BCUT2D eigenvalue weighted by Gasteiger charge is 2.50. The van der Waals surface area contributed by atoms with Gasteiger partial charge in [-0.25, -0.2) is 9.59 Å². The number of methoxy groups -OCH3 is 4. The molecule has 4 rings (SSSR count). The molecular formula is C99H179F3N5O28P3SSi2. The number of carbonyl (C=O) groups excluding carboxylic acids is 2. The Bertz CT molecular complexity index is 4250. The lowest BCUT2D eigenvalue weighted by atomic mass is 10.00. The molecule has 0 aliphatic carbocycles. The fraction of sp³-hybridized carbons (Fsp3) is 0.737. The highest BCUT2D eigenvalue weighted by molar-refractivity contribution is 7.87. The average Bonchev–Trinajstić information content (AvgIpc) is 0.831. The van der Waals surface area contributed by atoms with Crippen LogP contribution in [-0.2, 0) is 129 Å². The summed E-state index contributed by atoms with van der Waals surface area (Å²) in [7, 11) is -14.1. The van der Waals surface area contributed by atoms with Gasteiger partial charge in [-0.15, -0.1) is 0 Å². The van der Waals surface area contributed by atoms with E-state index in [9.17, 15) is 35.7 Å². The zero-order valence-electron chi connectivity index (χ0n) is 90.6. The molecule has 0 aromatic heterocycles. The van der Waals surface area contributed by atoms with Crippen molar-refractivity contribution in [1.29, 1.82) is 0 Å². The van der Waals surface area contributed by atoms with Crippen molar-refractivity contribution in [3.05, 3.63) is 119 Å². The van der Waals surface area contributed by atoms with Gasteiger partial charge in [0, 0.05) is 113 Å². The molecule has 0 heterocycles. The van der Waals surface area contributed by atoms with Gasteiger partial charge in [0.25, 0.3) is 0 Å². The SMILES string of the molecule is CC.CC(C)(C)OP(=O)(COS(=O)(=O)C(F)(F)F)OC(C)(C)C.COCCOCOc1ccccc1CCC[C@H](CCCCNC(=O)OCC[Si](C)(C)C)NCc1ccccc1OCOCCOC.COCCOCOc1ccccc1CN(C[C@H](CCCCNC(=O)OCC[Si](C)(C)C)N(Cc1ccccc1OCOCCOC)CP(=O)(OC(C)(C)C)OC(C)(C)C)CP(=O)(OC(C)(C)C)OC(C)(C)C. The third-order valence-electron chi connectivity index (χ3n) is 18.6. The monoisotopic (exact) mass is 2120 g/mol. The Morgan fingerprint density at radius 3 is 1.09 bits per heavy atom. The molecule has 0 aliphatic rings. The summed E-state index contributed by atoms with van der Waals surface area (Å²) in [5.41, 5.74) is -7.19. The normalized spacial score (nSPS) is 13.3. The topological polar surface area (TPSA) is 356 Å². The quantitative estimate of drug-likeness (QED) is 0.00923. The second kappa shape index (κ2) is 67.7. The van der Waals surface area contributed by atoms with E-state index in [2.05, 4.69) is 81.3 Å². The first-order chi connectivity index (χ1) is 65.5. The predicted molar refractivity (Wildman–Crippen MR) is 555 cm³/mol. The average molecular weight is 2130 g/mol. The van der Waals surface area contributed by atoms with Gasteiger partial charge < -0.3 is 109 Å². The van der Waals surface area contributed by atoms with Gasteiger partial charge in [0.2, 0.25) is 0 Å². The third-order valence-corrected chi connectivity index (χ3v) is 30.1. The third kappa shape index (κ3) is 68.8. The number of aryl methyl sites for hydroxylation is 1. The molecule has 0 aliphatic heterocycles. The van der Waals surface area contributed by atoms with E-state index < -0.39 is 107 Å². The Hall–Kier alpha value is -5.24. The number of rotatable bonds is 67. The molecule has 0 fully saturated rings. The fourth-order valence-electron chi connectivity index (χ4n) is 13.0. The second-order valence-corrected chi connectivity index (χ2v) is 60.1. The van der Waals surface area contributed by atoms with Crippen LogP contribution in [0.4, 0.5) is 22.8 Å². The number of nitrogens with one attached hydrogen (secondary N) is 3. The number of alkyl halides is 3.